The minimum Gasteiger partial charge on any atom is -0.450 e. The summed E-state index contributed by atoms with van der Waals surface area (Å²) in [6.45, 7) is 4.58. The van der Waals surface area contributed by atoms with Gasteiger partial charge in [-0.15, -0.1) is 0 Å². The number of nitrogens with zero attached hydrogens (tertiary/aromatic N) is 2. The van der Waals surface area contributed by atoms with Crippen molar-refractivity contribution in [3.8, 4) is 0 Å². The molecular formula is C12H23N4O4+. The highest BCUT2D eigenvalue weighted by Crippen LogP contribution is 2.03. The number of hydrogen-bond acceptors (Lipinski definition) is 4. The van der Waals surface area contributed by atoms with Crippen molar-refractivity contribution in [2.45, 2.75) is 6.92 Å². The first-order valence-corrected chi connectivity index (χ1v) is 6.80. The number of piperazine rings is 1. The molecule has 0 aromatic heterocycles. The fourth-order valence-electron chi connectivity index (χ4n) is 1.91. The third-order valence-electron chi connectivity index (χ3n) is 3.09. The van der Waals surface area contributed by atoms with Gasteiger partial charge in [0.1, 0.15) is 0 Å². The minimum atomic E-state index is -0.328. The van der Waals surface area contributed by atoms with Gasteiger partial charge in [-0.2, -0.15) is 0 Å². The summed E-state index contributed by atoms with van der Waals surface area (Å²) >= 11 is 0. The fraction of sp³-hybridized carbons (Fsp3) is 0.750. The van der Waals surface area contributed by atoms with Crippen molar-refractivity contribution in [1.29, 1.82) is 0 Å². The molecule has 0 aromatic carbocycles. The summed E-state index contributed by atoms with van der Waals surface area (Å²) in [5.41, 5.74) is 0. The Kier molecular flexibility index (Phi) is 6.78. The van der Waals surface area contributed by atoms with Crippen LogP contribution < -0.4 is 10.6 Å². The molecule has 1 rings (SSSR count). The maximum Gasteiger partial charge on any atom is 0.409 e. The molecule has 0 atom stereocenters. The van der Waals surface area contributed by atoms with Crippen molar-refractivity contribution < 1.29 is 24.4 Å². The molecule has 3 amide bonds. The highest BCUT2D eigenvalue weighted by Gasteiger charge is 2.25. The summed E-state index contributed by atoms with van der Waals surface area (Å²) in [6.07, 6.45) is -0.328. The van der Waals surface area contributed by atoms with Crippen molar-refractivity contribution in [3.05, 3.63) is 0 Å². The van der Waals surface area contributed by atoms with E-state index in [0.29, 0.717) is 32.8 Å². The first-order chi connectivity index (χ1) is 9.58. The van der Waals surface area contributed by atoms with Crippen molar-refractivity contribution in [1.82, 2.24) is 15.1 Å². The van der Waals surface area contributed by atoms with Crippen molar-refractivity contribution >= 4 is 17.9 Å². The topological polar surface area (TPSA) is 95.6 Å². The lowest BCUT2D eigenvalue weighted by atomic mass is 10.3. The lowest BCUT2D eigenvalue weighted by molar-refractivity contribution is -0.633. The molecule has 0 radical (unpaired) electrons. The molecule has 1 saturated heterocycles. The van der Waals surface area contributed by atoms with Crippen LogP contribution in [0.4, 0.5) is 4.79 Å². The Hall–Kier alpha value is -1.83. The van der Waals surface area contributed by atoms with Gasteiger partial charge in [0.2, 0.25) is 0 Å². The van der Waals surface area contributed by atoms with Gasteiger partial charge in [-0.25, -0.2) is 4.79 Å². The Balaban J connectivity index is 2.25. The smallest absolute Gasteiger partial charge is 0.409 e. The number of carbonyl (C=O) groups is 3. The number of rotatable bonds is 5. The number of amides is 3. The first kappa shape index (κ1) is 16.2. The van der Waals surface area contributed by atoms with Gasteiger partial charge in [-0.05, 0) is 6.92 Å². The second kappa shape index (κ2) is 8.36. The molecule has 0 aromatic rings. The van der Waals surface area contributed by atoms with Crippen LogP contribution in [0.2, 0.25) is 0 Å². The number of nitrogens with two attached hydrogens (primary N) is 1. The molecule has 114 valence electrons. The molecule has 1 fully saturated rings. The summed E-state index contributed by atoms with van der Waals surface area (Å²) < 4.78 is 4.91. The van der Waals surface area contributed by atoms with E-state index in [0.717, 1.165) is 0 Å². The molecule has 1 aliphatic rings. The van der Waals surface area contributed by atoms with Crippen LogP contribution in [0.1, 0.15) is 6.92 Å². The van der Waals surface area contributed by atoms with E-state index in [1.54, 1.807) is 29.1 Å². The highest BCUT2D eigenvalue weighted by molar-refractivity contribution is 5.79. The van der Waals surface area contributed by atoms with Gasteiger partial charge in [-0.1, -0.05) is 0 Å². The van der Waals surface area contributed by atoms with Gasteiger partial charge in [-0.3, -0.25) is 9.59 Å². The summed E-state index contributed by atoms with van der Waals surface area (Å²) in [5.74, 6) is -0.123. The Morgan fingerprint density at radius 3 is 2.25 bits per heavy atom. The van der Waals surface area contributed by atoms with Gasteiger partial charge in [0, 0.05) is 33.2 Å². The van der Waals surface area contributed by atoms with E-state index in [-0.39, 0.29) is 31.0 Å². The van der Waals surface area contributed by atoms with Crippen LogP contribution >= 0.6 is 0 Å². The maximum atomic E-state index is 11.9. The summed E-state index contributed by atoms with van der Waals surface area (Å²) in [6, 6.07) is 0. The lowest BCUT2D eigenvalue weighted by Crippen LogP contribution is -2.88. The summed E-state index contributed by atoms with van der Waals surface area (Å²) in [4.78, 5) is 37.7. The van der Waals surface area contributed by atoms with E-state index in [9.17, 15) is 14.4 Å². The standard InChI is InChI=1S/C12H22N4O4/c1-3-20-12(19)16-6-4-15(5-7-16)11(18)9-14-8-10(17)13-2/h14H,3-9H2,1-2H3,(H,13,17)/p+1. The number of nitrogens with one attached hydrogen (secondary N) is 1. The van der Waals surface area contributed by atoms with Crippen LogP contribution in [0.5, 0.6) is 0 Å². The van der Waals surface area contributed by atoms with Gasteiger partial charge in [0.05, 0.1) is 6.61 Å². The Morgan fingerprint density at radius 1 is 1.10 bits per heavy atom. The second-order valence-electron chi connectivity index (χ2n) is 4.44. The monoisotopic (exact) mass is 287 g/mol. The molecule has 8 heteroatoms. The highest BCUT2D eigenvalue weighted by atomic mass is 16.6. The molecule has 0 aliphatic carbocycles. The Bertz CT molecular complexity index is 353. The van der Waals surface area contributed by atoms with Crippen LogP contribution in [0.15, 0.2) is 0 Å². The molecule has 20 heavy (non-hydrogen) atoms. The number of quaternary nitrogens is 1. The second-order valence-corrected chi connectivity index (χ2v) is 4.44. The SMILES string of the molecule is CCOC(=O)N1CCN(C(=O)C[NH2+]CC(=O)NC)CC1. The maximum absolute atomic E-state index is 11.9. The molecule has 0 saturated carbocycles. The number of likely N-dealkylation sites (N-methyl/N-ethyl adjacent to an activating group) is 1. The zero-order valence-electron chi connectivity index (χ0n) is 12.1. The van der Waals surface area contributed by atoms with Crippen molar-refractivity contribution in [2.75, 3.05) is 52.9 Å². The van der Waals surface area contributed by atoms with Gasteiger partial charge in [0.15, 0.2) is 13.1 Å². The van der Waals surface area contributed by atoms with Crippen LogP contribution in [0.3, 0.4) is 0 Å². The van der Waals surface area contributed by atoms with Crippen LogP contribution in [-0.2, 0) is 14.3 Å². The summed E-state index contributed by atoms with van der Waals surface area (Å²) in [7, 11) is 1.56. The predicted octanol–water partition coefficient (Wildman–Crippen LogP) is -2.40. The third-order valence-corrected chi connectivity index (χ3v) is 3.09. The Labute approximate surface area is 118 Å². The fourth-order valence-corrected chi connectivity index (χ4v) is 1.91. The Morgan fingerprint density at radius 2 is 1.70 bits per heavy atom. The molecule has 3 N–H and O–H groups in total. The largest absolute Gasteiger partial charge is 0.450 e. The normalized spacial score (nSPS) is 14.9. The van der Waals surface area contributed by atoms with Crippen molar-refractivity contribution in [3.63, 3.8) is 0 Å². The van der Waals surface area contributed by atoms with E-state index < -0.39 is 0 Å². The van der Waals surface area contributed by atoms with Gasteiger partial charge < -0.3 is 25.2 Å². The van der Waals surface area contributed by atoms with E-state index in [1.807, 2.05) is 0 Å². The zero-order chi connectivity index (χ0) is 15.0. The number of carbonyl (C=O) groups excluding carboxylic acids is 3. The molecule has 0 spiro atoms. The number of ether oxygens (including phenoxy) is 1. The van der Waals surface area contributed by atoms with E-state index in [2.05, 4.69) is 5.32 Å². The van der Waals surface area contributed by atoms with Gasteiger partial charge in [0.25, 0.3) is 11.8 Å². The molecule has 1 heterocycles. The minimum absolute atomic E-state index is 0.0163. The summed E-state index contributed by atoms with van der Waals surface area (Å²) in [5, 5.41) is 4.16. The average Bonchev–Trinajstić information content (AvgIpc) is 2.47. The third kappa shape index (κ3) is 5.04. The average molecular weight is 287 g/mol. The van der Waals surface area contributed by atoms with Crippen LogP contribution in [-0.4, -0.2) is 80.6 Å². The van der Waals surface area contributed by atoms with Crippen molar-refractivity contribution in [2.24, 2.45) is 0 Å². The van der Waals surface area contributed by atoms with E-state index in [1.165, 1.54) is 0 Å². The molecule has 0 unspecified atom stereocenters. The van der Waals surface area contributed by atoms with Crippen LogP contribution in [0, 0.1) is 0 Å². The molecule has 8 nitrogen and oxygen atoms in total. The molecule has 0 bridgehead atoms. The lowest BCUT2D eigenvalue weighted by Gasteiger charge is -2.33. The number of hydrogen-bond donors (Lipinski definition) is 2. The van der Waals surface area contributed by atoms with E-state index in [4.69, 9.17) is 4.74 Å². The molecular weight excluding hydrogens is 264 g/mol. The predicted molar refractivity (Wildman–Crippen MR) is 70.9 cm³/mol. The quantitative estimate of drug-likeness (QED) is 0.589. The molecule has 1 aliphatic heterocycles. The zero-order valence-corrected chi connectivity index (χ0v) is 12.1. The van der Waals surface area contributed by atoms with E-state index >= 15 is 0 Å². The first-order valence-electron chi connectivity index (χ1n) is 6.80. The van der Waals surface area contributed by atoms with Crippen LogP contribution in [0.25, 0.3) is 0 Å². The van der Waals surface area contributed by atoms with Gasteiger partial charge >= 0.3 is 6.09 Å².